The summed E-state index contributed by atoms with van der Waals surface area (Å²) in [6.45, 7) is 5.32. The number of nitrogens with zero attached hydrogens (tertiary/aromatic N) is 1. The number of nitrogens with one attached hydrogen (secondary N) is 1. The molecule has 2 amide bonds. The average molecular weight is 268 g/mol. The fourth-order valence-electron chi connectivity index (χ4n) is 2.95. The van der Waals surface area contributed by atoms with Gasteiger partial charge >= 0.3 is 12.0 Å². The molecule has 1 aliphatic heterocycles. The van der Waals surface area contributed by atoms with Gasteiger partial charge in [-0.25, -0.2) is 9.59 Å². The highest BCUT2D eigenvalue weighted by atomic mass is 16.4. The summed E-state index contributed by atoms with van der Waals surface area (Å²) in [4.78, 5) is 25.4. The van der Waals surface area contributed by atoms with Gasteiger partial charge in [-0.15, -0.1) is 0 Å². The molecule has 5 nitrogen and oxygen atoms in total. The van der Waals surface area contributed by atoms with Crippen molar-refractivity contribution in [2.75, 3.05) is 13.1 Å². The average Bonchev–Trinajstić information content (AvgIpc) is 2.93. The highest BCUT2D eigenvalue weighted by Gasteiger charge is 2.49. The van der Waals surface area contributed by atoms with E-state index in [1.807, 2.05) is 6.92 Å². The van der Waals surface area contributed by atoms with Crippen LogP contribution < -0.4 is 5.32 Å². The lowest BCUT2D eigenvalue weighted by Crippen LogP contribution is -2.56. The van der Waals surface area contributed by atoms with E-state index >= 15 is 0 Å². The van der Waals surface area contributed by atoms with Crippen molar-refractivity contribution in [2.24, 2.45) is 5.41 Å². The third-order valence-electron chi connectivity index (χ3n) is 4.57. The minimum Gasteiger partial charge on any atom is -0.479 e. The molecular formula is C14H24N2O3. The molecule has 0 spiro atoms. The highest BCUT2D eigenvalue weighted by molar-refractivity contribution is 5.87. The molecule has 0 radical (unpaired) electrons. The fourth-order valence-corrected chi connectivity index (χ4v) is 2.95. The van der Waals surface area contributed by atoms with Crippen LogP contribution in [0.25, 0.3) is 0 Å². The van der Waals surface area contributed by atoms with Crippen LogP contribution in [-0.4, -0.2) is 40.6 Å². The summed E-state index contributed by atoms with van der Waals surface area (Å²) in [5.41, 5.74) is -0.741. The Kier molecular flexibility index (Phi) is 3.74. The zero-order valence-corrected chi connectivity index (χ0v) is 11.9. The number of carbonyl (C=O) groups is 2. The lowest BCUT2D eigenvalue weighted by Gasteiger charge is -2.34. The summed E-state index contributed by atoms with van der Waals surface area (Å²) in [6, 6.07) is -0.207. The summed E-state index contributed by atoms with van der Waals surface area (Å²) in [5.74, 6) is -0.861. The van der Waals surface area contributed by atoms with E-state index in [2.05, 4.69) is 12.2 Å². The number of carbonyl (C=O) groups excluding carboxylic acids is 1. The van der Waals surface area contributed by atoms with Crippen LogP contribution in [-0.2, 0) is 4.79 Å². The first kappa shape index (κ1) is 14.2. The van der Waals surface area contributed by atoms with Crippen LogP contribution in [0.2, 0.25) is 0 Å². The molecule has 0 aromatic heterocycles. The first-order valence-corrected chi connectivity index (χ1v) is 7.22. The van der Waals surface area contributed by atoms with Gasteiger partial charge in [-0.05, 0) is 37.5 Å². The largest absolute Gasteiger partial charge is 0.479 e. The molecule has 1 atom stereocenters. The van der Waals surface area contributed by atoms with Crippen LogP contribution in [0.3, 0.4) is 0 Å². The van der Waals surface area contributed by atoms with E-state index < -0.39 is 11.5 Å². The minimum absolute atomic E-state index is 0.207. The molecule has 0 bridgehead atoms. The Morgan fingerprint density at radius 2 is 2.00 bits per heavy atom. The molecule has 2 rings (SSSR count). The van der Waals surface area contributed by atoms with Crippen molar-refractivity contribution in [1.82, 2.24) is 10.2 Å². The SMILES string of the molecule is CCCC1(C(=O)O)CCCN1C(=O)NCC1(C)CC1. The van der Waals surface area contributed by atoms with Crippen molar-refractivity contribution in [2.45, 2.75) is 57.9 Å². The second-order valence-electron chi connectivity index (χ2n) is 6.31. The molecule has 1 saturated heterocycles. The number of rotatable bonds is 5. The molecule has 0 aromatic carbocycles. The molecule has 1 heterocycles. The number of likely N-dealkylation sites (tertiary alicyclic amines) is 1. The molecule has 1 unspecified atom stereocenters. The van der Waals surface area contributed by atoms with Crippen molar-refractivity contribution >= 4 is 12.0 Å². The standard InChI is InChI=1S/C14H24N2O3/c1-3-5-14(11(17)18)6-4-9-16(14)12(19)15-10-13(2)7-8-13/h3-10H2,1-2H3,(H,15,19)(H,17,18). The molecule has 1 aliphatic carbocycles. The monoisotopic (exact) mass is 268 g/mol. The molecule has 19 heavy (non-hydrogen) atoms. The van der Waals surface area contributed by atoms with Gasteiger partial charge in [0.15, 0.2) is 0 Å². The Morgan fingerprint density at radius 3 is 2.53 bits per heavy atom. The summed E-state index contributed by atoms with van der Waals surface area (Å²) in [5, 5.41) is 12.5. The summed E-state index contributed by atoms with van der Waals surface area (Å²) in [6.07, 6.45) is 4.94. The zero-order chi connectivity index (χ0) is 14.1. The van der Waals surface area contributed by atoms with Crippen LogP contribution in [0, 0.1) is 5.41 Å². The van der Waals surface area contributed by atoms with Crippen LogP contribution in [0.4, 0.5) is 4.79 Å². The van der Waals surface area contributed by atoms with Crippen molar-refractivity contribution < 1.29 is 14.7 Å². The van der Waals surface area contributed by atoms with Crippen LogP contribution in [0.1, 0.15) is 52.4 Å². The summed E-state index contributed by atoms with van der Waals surface area (Å²) in [7, 11) is 0. The van der Waals surface area contributed by atoms with E-state index in [1.54, 1.807) is 4.90 Å². The van der Waals surface area contributed by atoms with E-state index in [1.165, 1.54) is 0 Å². The van der Waals surface area contributed by atoms with Crippen molar-refractivity contribution in [3.63, 3.8) is 0 Å². The molecule has 108 valence electrons. The van der Waals surface area contributed by atoms with E-state index in [9.17, 15) is 14.7 Å². The minimum atomic E-state index is -0.983. The second-order valence-corrected chi connectivity index (χ2v) is 6.31. The maximum atomic E-state index is 12.3. The Morgan fingerprint density at radius 1 is 1.32 bits per heavy atom. The van der Waals surface area contributed by atoms with Gasteiger partial charge in [-0.2, -0.15) is 0 Å². The maximum absolute atomic E-state index is 12.3. The van der Waals surface area contributed by atoms with Gasteiger partial charge in [0.05, 0.1) is 0 Å². The summed E-state index contributed by atoms with van der Waals surface area (Å²) < 4.78 is 0. The molecule has 2 fully saturated rings. The molecule has 0 aromatic rings. The Labute approximate surface area is 114 Å². The molecule has 1 saturated carbocycles. The smallest absolute Gasteiger partial charge is 0.329 e. The van der Waals surface area contributed by atoms with Gasteiger partial charge in [0.1, 0.15) is 5.54 Å². The van der Waals surface area contributed by atoms with Gasteiger partial charge in [0, 0.05) is 13.1 Å². The van der Waals surface area contributed by atoms with Crippen molar-refractivity contribution in [3.05, 3.63) is 0 Å². The number of carboxylic acid groups (broad SMARTS) is 1. The third-order valence-corrected chi connectivity index (χ3v) is 4.57. The van der Waals surface area contributed by atoms with E-state index in [0.29, 0.717) is 25.9 Å². The normalized spacial score (nSPS) is 28.2. The van der Waals surface area contributed by atoms with Gasteiger partial charge in [-0.3, -0.25) is 0 Å². The lowest BCUT2D eigenvalue weighted by molar-refractivity contribution is -0.148. The molecule has 5 heteroatoms. The fraction of sp³-hybridized carbons (Fsp3) is 0.857. The highest BCUT2D eigenvalue weighted by Crippen LogP contribution is 2.44. The number of urea groups is 1. The van der Waals surface area contributed by atoms with Crippen LogP contribution in [0.15, 0.2) is 0 Å². The number of aliphatic carboxylic acids is 1. The molecule has 2 aliphatic rings. The van der Waals surface area contributed by atoms with E-state index in [0.717, 1.165) is 25.7 Å². The van der Waals surface area contributed by atoms with Crippen molar-refractivity contribution in [1.29, 1.82) is 0 Å². The van der Waals surface area contributed by atoms with Gasteiger partial charge in [0.25, 0.3) is 0 Å². The van der Waals surface area contributed by atoms with Crippen LogP contribution in [0.5, 0.6) is 0 Å². The molecule has 2 N–H and O–H groups in total. The van der Waals surface area contributed by atoms with Gasteiger partial charge < -0.3 is 15.3 Å². The van der Waals surface area contributed by atoms with E-state index in [-0.39, 0.29) is 11.4 Å². The Hall–Kier alpha value is -1.26. The van der Waals surface area contributed by atoms with Crippen LogP contribution >= 0.6 is 0 Å². The zero-order valence-electron chi connectivity index (χ0n) is 11.9. The van der Waals surface area contributed by atoms with E-state index in [4.69, 9.17) is 0 Å². The lowest BCUT2D eigenvalue weighted by atomic mass is 9.91. The second kappa shape index (κ2) is 5.02. The Bertz CT molecular complexity index is 379. The number of amides is 2. The summed E-state index contributed by atoms with van der Waals surface area (Å²) >= 11 is 0. The third kappa shape index (κ3) is 2.69. The van der Waals surface area contributed by atoms with Gasteiger partial charge in [0.2, 0.25) is 0 Å². The quantitative estimate of drug-likeness (QED) is 0.803. The Balaban J connectivity index is 2.03. The first-order chi connectivity index (χ1) is 8.93. The first-order valence-electron chi connectivity index (χ1n) is 7.22. The predicted molar refractivity (Wildman–Crippen MR) is 72.0 cm³/mol. The maximum Gasteiger partial charge on any atom is 0.329 e. The van der Waals surface area contributed by atoms with Gasteiger partial charge in [-0.1, -0.05) is 20.3 Å². The predicted octanol–water partition coefficient (Wildman–Crippen LogP) is 2.22. The molecular weight excluding hydrogens is 244 g/mol. The number of hydrogen-bond donors (Lipinski definition) is 2. The van der Waals surface area contributed by atoms with Crippen molar-refractivity contribution in [3.8, 4) is 0 Å². The topological polar surface area (TPSA) is 69.6 Å². The number of carboxylic acids is 1. The number of hydrogen-bond acceptors (Lipinski definition) is 2.